The molecule has 2 heterocycles. The lowest BCUT2D eigenvalue weighted by molar-refractivity contribution is 0.589. The predicted molar refractivity (Wildman–Crippen MR) is 145 cm³/mol. The summed E-state index contributed by atoms with van der Waals surface area (Å²) in [4.78, 5) is 13.9. The van der Waals surface area contributed by atoms with Crippen LogP contribution >= 0.6 is 0 Å². The van der Waals surface area contributed by atoms with E-state index in [-0.39, 0.29) is 0 Å². The summed E-state index contributed by atoms with van der Waals surface area (Å²) in [6.07, 6.45) is 24.1. The standard InChI is InChI=1S/C31H43N3/c1-3-5-7-9-10-12-13-15-26-17-22-30(32-23-26)28-18-20-29(21-19-28)31-33-24-27(25-34-31)16-14-11-8-6-4-2/h17-25H,3-16H2,1-2H3. The Morgan fingerprint density at radius 2 is 0.971 bits per heavy atom. The van der Waals surface area contributed by atoms with Crippen molar-refractivity contribution in [1.82, 2.24) is 15.0 Å². The topological polar surface area (TPSA) is 38.7 Å². The lowest BCUT2D eigenvalue weighted by atomic mass is 10.0. The molecular weight excluding hydrogens is 414 g/mol. The summed E-state index contributed by atoms with van der Waals surface area (Å²) in [7, 11) is 0. The molecule has 0 aliphatic heterocycles. The van der Waals surface area contributed by atoms with E-state index in [1.54, 1.807) is 0 Å². The number of rotatable bonds is 16. The smallest absolute Gasteiger partial charge is 0.159 e. The van der Waals surface area contributed by atoms with Gasteiger partial charge in [0.25, 0.3) is 0 Å². The summed E-state index contributed by atoms with van der Waals surface area (Å²) in [6.45, 7) is 4.53. The van der Waals surface area contributed by atoms with Gasteiger partial charge in [0.05, 0.1) is 5.69 Å². The van der Waals surface area contributed by atoms with Gasteiger partial charge >= 0.3 is 0 Å². The van der Waals surface area contributed by atoms with Crippen molar-refractivity contribution in [3.8, 4) is 22.6 Å². The number of unbranched alkanes of at least 4 members (excludes halogenated alkanes) is 10. The number of hydrogen-bond donors (Lipinski definition) is 0. The van der Waals surface area contributed by atoms with Gasteiger partial charge in [-0.25, -0.2) is 9.97 Å². The highest BCUT2D eigenvalue weighted by molar-refractivity contribution is 5.65. The van der Waals surface area contributed by atoms with Crippen molar-refractivity contribution in [2.24, 2.45) is 0 Å². The zero-order valence-electron chi connectivity index (χ0n) is 21.4. The minimum absolute atomic E-state index is 0.791. The van der Waals surface area contributed by atoms with Crippen LogP contribution in [-0.4, -0.2) is 15.0 Å². The fraction of sp³-hybridized carbons (Fsp3) is 0.516. The Labute approximate surface area is 207 Å². The Balaban J connectivity index is 1.45. The van der Waals surface area contributed by atoms with Crippen LogP contribution in [0.3, 0.4) is 0 Å². The van der Waals surface area contributed by atoms with E-state index in [2.05, 4.69) is 60.2 Å². The minimum atomic E-state index is 0.791. The molecule has 3 aromatic rings. The van der Waals surface area contributed by atoms with E-state index in [1.807, 2.05) is 18.6 Å². The van der Waals surface area contributed by atoms with Gasteiger partial charge in [-0.15, -0.1) is 0 Å². The van der Waals surface area contributed by atoms with Crippen molar-refractivity contribution in [2.75, 3.05) is 0 Å². The van der Waals surface area contributed by atoms with E-state index < -0.39 is 0 Å². The molecule has 182 valence electrons. The number of aromatic nitrogens is 3. The second-order valence-electron chi connectivity index (χ2n) is 9.58. The molecule has 0 saturated heterocycles. The first-order valence-corrected chi connectivity index (χ1v) is 13.7. The quantitative estimate of drug-likeness (QED) is 0.201. The fourth-order valence-electron chi connectivity index (χ4n) is 4.39. The number of nitrogens with zero attached hydrogens (tertiary/aromatic N) is 3. The molecule has 0 atom stereocenters. The fourth-order valence-corrected chi connectivity index (χ4v) is 4.39. The summed E-state index contributed by atoms with van der Waals surface area (Å²) in [5.74, 6) is 0.791. The van der Waals surface area contributed by atoms with Crippen LogP contribution in [-0.2, 0) is 12.8 Å². The van der Waals surface area contributed by atoms with E-state index in [9.17, 15) is 0 Å². The second-order valence-corrected chi connectivity index (χ2v) is 9.58. The van der Waals surface area contributed by atoms with E-state index >= 15 is 0 Å². The van der Waals surface area contributed by atoms with Crippen molar-refractivity contribution < 1.29 is 0 Å². The predicted octanol–water partition coefficient (Wildman–Crippen LogP) is 9.01. The summed E-state index contributed by atoms with van der Waals surface area (Å²) >= 11 is 0. The molecule has 34 heavy (non-hydrogen) atoms. The Kier molecular flexibility index (Phi) is 11.8. The minimum Gasteiger partial charge on any atom is -0.256 e. The number of pyridine rings is 1. The molecule has 1 aromatic carbocycles. The zero-order valence-corrected chi connectivity index (χ0v) is 21.4. The third-order valence-electron chi connectivity index (χ3n) is 6.61. The molecule has 0 N–H and O–H groups in total. The van der Waals surface area contributed by atoms with E-state index in [1.165, 1.54) is 88.2 Å². The SMILES string of the molecule is CCCCCCCCCc1ccc(-c2ccc(-c3ncc(CCCCCCC)cn3)cc2)nc1. The van der Waals surface area contributed by atoms with Gasteiger partial charge in [-0.1, -0.05) is 108 Å². The molecule has 0 fully saturated rings. The molecule has 3 nitrogen and oxygen atoms in total. The monoisotopic (exact) mass is 457 g/mol. The maximum Gasteiger partial charge on any atom is 0.159 e. The Morgan fingerprint density at radius 1 is 0.471 bits per heavy atom. The third kappa shape index (κ3) is 9.00. The lowest BCUT2D eigenvalue weighted by Crippen LogP contribution is -1.94. The molecule has 0 amide bonds. The van der Waals surface area contributed by atoms with Crippen molar-refractivity contribution in [2.45, 2.75) is 104 Å². The molecule has 0 aliphatic carbocycles. The number of benzene rings is 1. The maximum absolute atomic E-state index is 4.72. The lowest BCUT2D eigenvalue weighted by Gasteiger charge is -2.06. The van der Waals surface area contributed by atoms with Gasteiger partial charge in [0.2, 0.25) is 0 Å². The van der Waals surface area contributed by atoms with Gasteiger partial charge < -0.3 is 0 Å². The first kappa shape index (κ1) is 26.1. The normalized spacial score (nSPS) is 11.1. The highest BCUT2D eigenvalue weighted by Gasteiger charge is 2.05. The zero-order chi connectivity index (χ0) is 23.8. The van der Waals surface area contributed by atoms with Gasteiger partial charge in [-0.2, -0.15) is 0 Å². The van der Waals surface area contributed by atoms with Crippen molar-refractivity contribution in [1.29, 1.82) is 0 Å². The Bertz CT molecular complexity index is 914. The molecular formula is C31H43N3. The van der Waals surface area contributed by atoms with Gasteiger partial charge in [0.15, 0.2) is 5.82 Å². The second kappa shape index (κ2) is 15.4. The first-order valence-electron chi connectivity index (χ1n) is 13.7. The summed E-state index contributed by atoms with van der Waals surface area (Å²) in [5.41, 5.74) is 5.78. The van der Waals surface area contributed by atoms with E-state index in [0.717, 1.165) is 35.5 Å². The van der Waals surface area contributed by atoms with Gasteiger partial charge in [0.1, 0.15) is 0 Å². The number of hydrogen-bond acceptors (Lipinski definition) is 3. The van der Waals surface area contributed by atoms with Crippen molar-refractivity contribution >= 4 is 0 Å². The first-order chi connectivity index (χ1) is 16.8. The van der Waals surface area contributed by atoms with Crippen LogP contribution in [0.15, 0.2) is 55.0 Å². The van der Waals surface area contributed by atoms with Crippen LogP contribution in [0, 0.1) is 0 Å². The Hall–Kier alpha value is -2.55. The van der Waals surface area contributed by atoms with Gasteiger partial charge in [0, 0.05) is 29.7 Å². The highest BCUT2D eigenvalue weighted by Crippen LogP contribution is 2.22. The molecule has 0 unspecified atom stereocenters. The van der Waals surface area contributed by atoms with Crippen LogP contribution in [0.2, 0.25) is 0 Å². The molecule has 0 aliphatic rings. The summed E-state index contributed by atoms with van der Waals surface area (Å²) < 4.78 is 0. The van der Waals surface area contributed by atoms with E-state index in [0.29, 0.717) is 0 Å². The molecule has 2 aromatic heterocycles. The van der Waals surface area contributed by atoms with Crippen LogP contribution in [0.25, 0.3) is 22.6 Å². The molecule has 3 rings (SSSR count). The molecule has 0 bridgehead atoms. The van der Waals surface area contributed by atoms with Gasteiger partial charge in [-0.3, -0.25) is 4.98 Å². The molecule has 0 radical (unpaired) electrons. The maximum atomic E-state index is 4.72. The average Bonchev–Trinajstić information content (AvgIpc) is 2.89. The van der Waals surface area contributed by atoms with Crippen molar-refractivity contribution in [3.05, 3.63) is 66.1 Å². The number of aryl methyl sites for hydroxylation is 2. The molecule has 0 spiro atoms. The van der Waals surface area contributed by atoms with Crippen LogP contribution < -0.4 is 0 Å². The molecule has 3 heteroatoms. The van der Waals surface area contributed by atoms with Crippen molar-refractivity contribution in [3.63, 3.8) is 0 Å². The van der Waals surface area contributed by atoms with Crippen LogP contribution in [0.4, 0.5) is 0 Å². The van der Waals surface area contributed by atoms with Crippen LogP contribution in [0.5, 0.6) is 0 Å². The summed E-state index contributed by atoms with van der Waals surface area (Å²) in [5, 5.41) is 0. The average molecular weight is 458 g/mol. The van der Waals surface area contributed by atoms with E-state index in [4.69, 9.17) is 4.98 Å². The van der Waals surface area contributed by atoms with Gasteiger partial charge in [-0.05, 0) is 42.9 Å². The Morgan fingerprint density at radius 3 is 1.53 bits per heavy atom. The third-order valence-corrected chi connectivity index (χ3v) is 6.61. The highest BCUT2D eigenvalue weighted by atomic mass is 14.9. The largest absolute Gasteiger partial charge is 0.256 e. The molecule has 0 saturated carbocycles. The summed E-state index contributed by atoms with van der Waals surface area (Å²) in [6, 6.07) is 12.8. The van der Waals surface area contributed by atoms with Crippen LogP contribution in [0.1, 0.15) is 102 Å².